The molecule has 12 heavy (non-hydrogen) atoms. The molecular formula is C8H9NO3. The van der Waals surface area contributed by atoms with Crippen LogP contribution in [0.25, 0.3) is 0 Å². The number of nitrogens with two attached hydrogens (primary N) is 1. The number of benzene rings is 1. The zero-order chi connectivity index (χ0) is 9.30. The summed E-state index contributed by atoms with van der Waals surface area (Å²) in [5.74, 6) is -1.18. The van der Waals surface area contributed by atoms with Gasteiger partial charge < -0.3 is 15.9 Å². The molecule has 0 atom stereocenters. The third-order valence-electron chi connectivity index (χ3n) is 1.56. The van der Waals surface area contributed by atoms with Gasteiger partial charge >= 0.3 is 0 Å². The lowest BCUT2D eigenvalue weighted by Crippen LogP contribution is -2.10. The third-order valence-corrected chi connectivity index (χ3v) is 1.56. The van der Waals surface area contributed by atoms with Gasteiger partial charge in [0.05, 0.1) is 0 Å². The van der Waals surface area contributed by atoms with Gasteiger partial charge in [0.2, 0.25) is 5.91 Å². The molecule has 4 heteroatoms. The van der Waals surface area contributed by atoms with Crippen molar-refractivity contribution in [1.82, 2.24) is 0 Å². The van der Waals surface area contributed by atoms with Gasteiger partial charge in [-0.15, -0.1) is 0 Å². The van der Waals surface area contributed by atoms with Gasteiger partial charge in [0.25, 0.3) is 0 Å². The second-order valence-electron chi connectivity index (χ2n) is 2.53. The van der Waals surface area contributed by atoms with E-state index in [0.717, 1.165) is 6.07 Å². The Morgan fingerprint density at radius 1 is 1.42 bits per heavy atom. The highest BCUT2D eigenvalue weighted by Crippen LogP contribution is 2.29. The number of aromatic hydroxyl groups is 2. The highest BCUT2D eigenvalue weighted by atomic mass is 16.3. The Morgan fingerprint density at radius 3 is 2.42 bits per heavy atom. The van der Waals surface area contributed by atoms with E-state index in [1.54, 1.807) is 6.92 Å². The molecule has 0 saturated carbocycles. The predicted octanol–water partition coefficient (Wildman–Crippen LogP) is 0.505. The summed E-state index contributed by atoms with van der Waals surface area (Å²) in [7, 11) is 0. The SMILES string of the molecule is Cc1cc(C(N)=O)cc(O)c1O. The van der Waals surface area contributed by atoms with Crippen molar-refractivity contribution in [3.63, 3.8) is 0 Å². The Hall–Kier alpha value is -1.71. The molecule has 0 aliphatic carbocycles. The number of phenolic OH excluding ortho intramolecular Hbond substituents is 2. The van der Waals surface area contributed by atoms with Crippen LogP contribution in [0, 0.1) is 6.92 Å². The molecular weight excluding hydrogens is 158 g/mol. The maximum Gasteiger partial charge on any atom is 0.248 e. The number of carbonyl (C=O) groups is 1. The van der Waals surface area contributed by atoms with Gasteiger partial charge in [0, 0.05) is 5.56 Å². The van der Waals surface area contributed by atoms with Gasteiger partial charge in [0.1, 0.15) is 0 Å². The number of hydrogen-bond acceptors (Lipinski definition) is 3. The van der Waals surface area contributed by atoms with Crippen molar-refractivity contribution in [3.8, 4) is 11.5 Å². The summed E-state index contributed by atoms with van der Waals surface area (Å²) in [5.41, 5.74) is 5.57. The Labute approximate surface area is 69.3 Å². The molecule has 1 rings (SSSR count). The van der Waals surface area contributed by atoms with Crippen LogP contribution >= 0.6 is 0 Å². The lowest BCUT2D eigenvalue weighted by molar-refractivity contribution is 0.1000. The summed E-state index contributed by atoms with van der Waals surface area (Å²) < 4.78 is 0. The molecule has 1 aromatic carbocycles. The zero-order valence-corrected chi connectivity index (χ0v) is 6.53. The number of aryl methyl sites for hydroxylation is 1. The van der Waals surface area contributed by atoms with Gasteiger partial charge in [-0.1, -0.05) is 0 Å². The van der Waals surface area contributed by atoms with Crippen LogP contribution in [0.3, 0.4) is 0 Å². The van der Waals surface area contributed by atoms with Crippen molar-refractivity contribution in [2.24, 2.45) is 5.73 Å². The Balaban J connectivity index is 3.31. The van der Waals surface area contributed by atoms with Gasteiger partial charge in [-0.25, -0.2) is 0 Å². The fourth-order valence-corrected chi connectivity index (χ4v) is 0.903. The van der Waals surface area contributed by atoms with Gasteiger partial charge in [-0.2, -0.15) is 0 Å². The summed E-state index contributed by atoms with van der Waals surface area (Å²) >= 11 is 0. The van der Waals surface area contributed by atoms with E-state index in [-0.39, 0.29) is 17.1 Å². The zero-order valence-electron chi connectivity index (χ0n) is 6.53. The maximum absolute atomic E-state index is 10.6. The lowest BCUT2D eigenvalue weighted by Gasteiger charge is -2.03. The van der Waals surface area contributed by atoms with Gasteiger partial charge in [-0.05, 0) is 24.6 Å². The number of primary amides is 1. The van der Waals surface area contributed by atoms with Crippen LogP contribution in [-0.4, -0.2) is 16.1 Å². The van der Waals surface area contributed by atoms with E-state index in [4.69, 9.17) is 15.9 Å². The maximum atomic E-state index is 10.6. The van der Waals surface area contributed by atoms with E-state index in [9.17, 15) is 4.79 Å². The first-order valence-electron chi connectivity index (χ1n) is 3.34. The van der Waals surface area contributed by atoms with E-state index < -0.39 is 5.91 Å². The second kappa shape index (κ2) is 2.73. The largest absolute Gasteiger partial charge is 0.504 e. The molecule has 0 aromatic heterocycles. The van der Waals surface area contributed by atoms with Crippen LogP contribution in [0.4, 0.5) is 0 Å². The second-order valence-corrected chi connectivity index (χ2v) is 2.53. The third kappa shape index (κ3) is 1.32. The highest BCUT2D eigenvalue weighted by molar-refractivity contribution is 5.93. The minimum atomic E-state index is -0.631. The number of phenols is 2. The lowest BCUT2D eigenvalue weighted by atomic mass is 10.1. The standard InChI is InChI=1S/C8H9NO3/c1-4-2-5(8(9)12)3-6(10)7(4)11/h2-3,10-11H,1H3,(H2,9,12). The molecule has 1 amide bonds. The Bertz CT molecular complexity index is 310. The topological polar surface area (TPSA) is 83.6 Å². The molecule has 0 saturated heterocycles. The number of hydrogen-bond donors (Lipinski definition) is 3. The summed E-state index contributed by atoms with van der Waals surface area (Å²) in [6.07, 6.45) is 0. The molecule has 4 nitrogen and oxygen atoms in total. The molecule has 0 aliphatic rings. The van der Waals surface area contributed by atoms with Gasteiger partial charge in [-0.3, -0.25) is 4.79 Å². The quantitative estimate of drug-likeness (QED) is 0.532. The summed E-state index contributed by atoms with van der Waals surface area (Å²) in [5, 5.41) is 18.2. The van der Waals surface area contributed by atoms with E-state index >= 15 is 0 Å². The normalized spacial score (nSPS) is 9.75. The van der Waals surface area contributed by atoms with Crippen molar-refractivity contribution < 1.29 is 15.0 Å². The van der Waals surface area contributed by atoms with Crippen molar-refractivity contribution >= 4 is 5.91 Å². The van der Waals surface area contributed by atoms with E-state index in [1.807, 2.05) is 0 Å². The van der Waals surface area contributed by atoms with Crippen molar-refractivity contribution in [2.45, 2.75) is 6.92 Å². The van der Waals surface area contributed by atoms with Crippen LogP contribution in [0.15, 0.2) is 12.1 Å². The molecule has 0 fully saturated rings. The summed E-state index contributed by atoms with van der Waals surface area (Å²) in [6.45, 7) is 1.57. The molecule has 0 aliphatic heterocycles. The van der Waals surface area contributed by atoms with Crippen molar-refractivity contribution in [3.05, 3.63) is 23.3 Å². The number of amides is 1. The smallest absolute Gasteiger partial charge is 0.248 e. The fraction of sp³-hybridized carbons (Fsp3) is 0.125. The highest BCUT2D eigenvalue weighted by Gasteiger charge is 2.08. The predicted molar refractivity (Wildman–Crippen MR) is 43.0 cm³/mol. The Morgan fingerprint density at radius 2 is 2.00 bits per heavy atom. The molecule has 0 unspecified atom stereocenters. The molecule has 0 heterocycles. The average molecular weight is 167 g/mol. The summed E-state index contributed by atoms with van der Waals surface area (Å²) in [6, 6.07) is 2.54. The van der Waals surface area contributed by atoms with E-state index in [2.05, 4.69) is 0 Å². The van der Waals surface area contributed by atoms with E-state index in [0.29, 0.717) is 5.56 Å². The number of carbonyl (C=O) groups excluding carboxylic acids is 1. The summed E-state index contributed by atoms with van der Waals surface area (Å²) in [4.78, 5) is 10.6. The van der Waals surface area contributed by atoms with Crippen molar-refractivity contribution in [1.29, 1.82) is 0 Å². The van der Waals surface area contributed by atoms with Crippen LogP contribution in [0.5, 0.6) is 11.5 Å². The first kappa shape index (κ1) is 8.39. The molecule has 0 spiro atoms. The van der Waals surface area contributed by atoms with Crippen molar-refractivity contribution in [2.75, 3.05) is 0 Å². The molecule has 64 valence electrons. The van der Waals surface area contributed by atoms with Crippen LogP contribution in [0.1, 0.15) is 15.9 Å². The molecule has 0 radical (unpaired) electrons. The molecule has 0 bridgehead atoms. The van der Waals surface area contributed by atoms with Crippen LogP contribution in [0.2, 0.25) is 0 Å². The minimum Gasteiger partial charge on any atom is -0.504 e. The minimum absolute atomic E-state index is 0.183. The average Bonchev–Trinajstić information content (AvgIpc) is 1.99. The molecule has 1 aromatic rings. The number of rotatable bonds is 1. The molecule has 4 N–H and O–H groups in total. The first-order valence-corrected chi connectivity index (χ1v) is 3.34. The van der Waals surface area contributed by atoms with Crippen LogP contribution < -0.4 is 5.73 Å². The Kier molecular flexibility index (Phi) is 1.91. The van der Waals surface area contributed by atoms with Gasteiger partial charge in [0.15, 0.2) is 11.5 Å². The first-order chi connectivity index (χ1) is 5.52. The van der Waals surface area contributed by atoms with E-state index in [1.165, 1.54) is 6.07 Å². The van der Waals surface area contributed by atoms with Crippen LogP contribution in [-0.2, 0) is 0 Å². The fourth-order valence-electron chi connectivity index (χ4n) is 0.903. The monoisotopic (exact) mass is 167 g/mol.